The molecule has 334 valence electrons. The summed E-state index contributed by atoms with van der Waals surface area (Å²) in [6.07, 6.45) is 1.85. The lowest BCUT2D eigenvalue weighted by Crippen LogP contribution is -2.17. The summed E-state index contributed by atoms with van der Waals surface area (Å²) >= 11 is 0. The summed E-state index contributed by atoms with van der Waals surface area (Å²) in [5.41, 5.74) is 12.9. The van der Waals surface area contributed by atoms with Crippen LogP contribution in [0.15, 0.2) is 194 Å². The van der Waals surface area contributed by atoms with Crippen LogP contribution in [0, 0.1) is 13.7 Å². The fraction of sp³-hybridized carbons (Fsp3) is 0.156. The average Bonchev–Trinajstić information content (AvgIpc) is 3.77. The van der Waals surface area contributed by atoms with Gasteiger partial charge in [-0.05, 0) is 146 Å². The average molecular weight is 890 g/mol. The first kappa shape index (κ1) is 37.3. The Kier molecular flexibility index (Phi) is 9.56. The summed E-state index contributed by atoms with van der Waals surface area (Å²) in [7, 11) is 0. The number of hydrogen-bond donors (Lipinski definition) is 1. The molecule has 1 N–H and O–H groups in total. The van der Waals surface area contributed by atoms with E-state index in [-0.39, 0.29) is 27.9 Å². The zero-order valence-corrected chi connectivity index (χ0v) is 39.3. The van der Waals surface area contributed by atoms with Gasteiger partial charge in [-0.3, -0.25) is 9.55 Å². The summed E-state index contributed by atoms with van der Waals surface area (Å²) in [6.45, 7) is 6.98. The van der Waals surface area contributed by atoms with Crippen molar-refractivity contribution in [2.75, 3.05) is 0 Å². The van der Waals surface area contributed by atoms with Crippen LogP contribution in [0.4, 0.5) is 0 Å². The van der Waals surface area contributed by atoms with Crippen molar-refractivity contribution in [1.82, 2.24) is 14.5 Å². The van der Waals surface area contributed by atoms with Crippen LogP contribution >= 0.6 is 0 Å². The lowest BCUT2D eigenvalue weighted by molar-refractivity contribution is 0.446. The summed E-state index contributed by atoms with van der Waals surface area (Å²) < 4.78 is 54.6. The minimum atomic E-state index is -2.82. The van der Waals surface area contributed by atoms with Gasteiger partial charge in [-0.15, -0.1) is 0 Å². The predicted molar refractivity (Wildman–Crippen MR) is 285 cm³/mol. The normalized spacial score (nSPS) is 13.6. The standard InChI is InChI=1S/C64H57N3O/c1-41-33-53(40-55(42(41)2)47-23-16-11-17-24-47)67-59-26-18-25-54(60(59)66-62(67)56-38-52(63(3,4)5)39-57(61(56)68)64(6,7)8)50-34-49(44-21-14-10-15-22-44)35-51(36-50)58-37-48(31-32-65-58)46-29-27-45(28-30-46)43-19-12-9-13-20-43/h9-40,68H,1-8H3/i1D3,2D3. The Morgan fingerprint density at radius 3 is 1.71 bits per heavy atom. The number of hydrogen-bond acceptors (Lipinski definition) is 3. The van der Waals surface area contributed by atoms with Gasteiger partial charge in [0, 0.05) is 36.8 Å². The Bertz CT molecular complexity index is 3700. The first-order valence-corrected chi connectivity index (χ1v) is 23.1. The predicted octanol–water partition coefficient (Wildman–Crippen LogP) is 17.0. The van der Waals surface area contributed by atoms with Crippen LogP contribution < -0.4 is 0 Å². The van der Waals surface area contributed by atoms with Crippen molar-refractivity contribution in [3.05, 3.63) is 217 Å². The number of benzene rings is 8. The Labute approximate surface area is 409 Å². The van der Waals surface area contributed by atoms with E-state index in [0.717, 1.165) is 66.9 Å². The van der Waals surface area contributed by atoms with E-state index < -0.39 is 19.1 Å². The minimum absolute atomic E-state index is 0.0519. The Balaban J connectivity index is 1.25. The van der Waals surface area contributed by atoms with Gasteiger partial charge in [0.25, 0.3) is 0 Å². The molecule has 8 aromatic carbocycles. The third-order valence-corrected chi connectivity index (χ3v) is 12.9. The number of fused-ring (bicyclic) bond motifs is 1. The van der Waals surface area contributed by atoms with Crippen molar-refractivity contribution in [1.29, 1.82) is 0 Å². The van der Waals surface area contributed by atoms with Gasteiger partial charge in [-0.25, -0.2) is 4.98 Å². The molecular weight excluding hydrogens is 827 g/mol. The third kappa shape index (κ3) is 8.43. The smallest absolute Gasteiger partial charge is 0.149 e. The second kappa shape index (κ2) is 17.4. The molecule has 2 aromatic heterocycles. The van der Waals surface area contributed by atoms with E-state index >= 15 is 0 Å². The Morgan fingerprint density at radius 1 is 0.471 bits per heavy atom. The molecule has 0 saturated carbocycles. The molecule has 0 fully saturated rings. The molecule has 10 rings (SSSR count). The van der Waals surface area contributed by atoms with Gasteiger partial charge in [0.1, 0.15) is 11.6 Å². The molecule has 0 radical (unpaired) electrons. The van der Waals surface area contributed by atoms with Crippen LogP contribution in [-0.4, -0.2) is 19.6 Å². The van der Waals surface area contributed by atoms with Crippen molar-refractivity contribution in [3.63, 3.8) is 0 Å². The number of phenolic OH excluding ortho intramolecular Hbond substituents is 1. The maximum Gasteiger partial charge on any atom is 0.149 e. The highest BCUT2D eigenvalue weighted by Gasteiger charge is 2.29. The van der Waals surface area contributed by atoms with E-state index in [0.29, 0.717) is 33.7 Å². The number of para-hydroxylation sites is 1. The van der Waals surface area contributed by atoms with Crippen molar-refractivity contribution < 1.29 is 13.3 Å². The number of pyridine rings is 1. The molecule has 10 aromatic rings. The van der Waals surface area contributed by atoms with Gasteiger partial charge in [-0.2, -0.15) is 0 Å². The van der Waals surface area contributed by atoms with Crippen LogP contribution in [0.25, 0.3) is 95.0 Å². The lowest BCUT2D eigenvalue weighted by atomic mass is 9.79. The number of nitrogens with zero attached hydrogens (tertiary/aromatic N) is 3. The van der Waals surface area contributed by atoms with Crippen molar-refractivity contribution in [2.45, 2.75) is 66.1 Å². The Morgan fingerprint density at radius 2 is 1.07 bits per heavy atom. The van der Waals surface area contributed by atoms with E-state index in [1.165, 1.54) is 6.07 Å². The number of aromatic nitrogens is 3. The van der Waals surface area contributed by atoms with Crippen LogP contribution in [-0.2, 0) is 10.8 Å². The second-order valence-electron chi connectivity index (χ2n) is 19.7. The summed E-state index contributed by atoms with van der Waals surface area (Å²) in [5, 5.41) is 12.6. The molecule has 68 heavy (non-hydrogen) atoms. The maximum absolute atomic E-state index is 12.6. The zero-order chi connectivity index (χ0) is 52.3. The van der Waals surface area contributed by atoms with Gasteiger partial charge >= 0.3 is 0 Å². The topological polar surface area (TPSA) is 50.9 Å². The molecule has 0 aliphatic heterocycles. The lowest BCUT2D eigenvalue weighted by Gasteiger charge is -2.27. The molecular formula is C64H57N3O. The van der Waals surface area contributed by atoms with E-state index in [2.05, 4.69) is 120 Å². The van der Waals surface area contributed by atoms with Crippen molar-refractivity contribution in [2.24, 2.45) is 0 Å². The number of imidazole rings is 1. The molecule has 0 aliphatic carbocycles. The molecule has 4 heteroatoms. The van der Waals surface area contributed by atoms with Crippen molar-refractivity contribution in [3.8, 4) is 89.7 Å². The molecule has 0 bridgehead atoms. The summed E-state index contributed by atoms with van der Waals surface area (Å²) in [4.78, 5) is 10.5. The largest absolute Gasteiger partial charge is 0.507 e. The fourth-order valence-electron chi connectivity index (χ4n) is 9.17. The van der Waals surface area contributed by atoms with Gasteiger partial charge in [0.2, 0.25) is 0 Å². The number of rotatable bonds is 8. The molecule has 0 spiro atoms. The van der Waals surface area contributed by atoms with Gasteiger partial charge in [-0.1, -0.05) is 175 Å². The van der Waals surface area contributed by atoms with E-state index in [1.54, 1.807) is 18.2 Å². The highest BCUT2D eigenvalue weighted by molar-refractivity contribution is 5.98. The summed E-state index contributed by atoms with van der Waals surface area (Å²) in [6, 6.07) is 61.9. The molecule has 0 saturated heterocycles. The Hall–Kier alpha value is -7.82. The van der Waals surface area contributed by atoms with Crippen LogP contribution in [0.2, 0.25) is 0 Å². The molecule has 0 atom stereocenters. The molecule has 2 heterocycles. The van der Waals surface area contributed by atoms with Gasteiger partial charge in [0.15, 0.2) is 0 Å². The van der Waals surface area contributed by atoms with E-state index in [4.69, 9.17) is 18.2 Å². The van der Waals surface area contributed by atoms with Crippen LogP contribution in [0.1, 0.15) is 72.0 Å². The molecule has 0 amide bonds. The maximum atomic E-state index is 12.6. The van der Waals surface area contributed by atoms with Crippen molar-refractivity contribution >= 4 is 11.0 Å². The second-order valence-corrected chi connectivity index (χ2v) is 19.7. The number of phenols is 1. The molecule has 0 unspecified atom stereocenters. The van der Waals surface area contributed by atoms with E-state index in [9.17, 15) is 5.11 Å². The zero-order valence-electron chi connectivity index (χ0n) is 45.3. The highest BCUT2D eigenvalue weighted by Crippen LogP contribution is 2.45. The SMILES string of the molecule is [2H]C([2H])([2H])c1cc(-n2c(-c3cc(C(C)(C)C)cc(C(C)(C)C)c3O)nc3c(-c4cc(-c5ccccc5)cc(-c5cc(-c6ccc(-c7ccccc7)cc6)ccn5)c4)cccc32)cc(-c2ccccc2)c1C([2H])([2H])[2H]. The first-order valence-electron chi connectivity index (χ1n) is 26.1. The molecule has 0 aliphatic rings. The van der Waals surface area contributed by atoms with Crippen LogP contribution in [0.5, 0.6) is 5.75 Å². The van der Waals surface area contributed by atoms with Crippen LogP contribution in [0.3, 0.4) is 0 Å². The quantitative estimate of drug-likeness (QED) is 0.165. The monoisotopic (exact) mass is 889 g/mol. The minimum Gasteiger partial charge on any atom is -0.507 e. The first-order chi connectivity index (χ1) is 35.1. The highest BCUT2D eigenvalue weighted by atomic mass is 16.3. The third-order valence-electron chi connectivity index (χ3n) is 12.9. The number of aryl methyl sites for hydroxylation is 1. The summed E-state index contributed by atoms with van der Waals surface area (Å²) in [5.74, 6) is 0.418. The fourth-order valence-corrected chi connectivity index (χ4v) is 9.17. The van der Waals surface area contributed by atoms with Gasteiger partial charge in [0.05, 0.1) is 22.3 Å². The van der Waals surface area contributed by atoms with E-state index in [1.807, 2.05) is 95.7 Å². The van der Waals surface area contributed by atoms with Gasteiger partial charge < -0.3 is 5.11 Å². The molecule has 4 nitrogen and oxygen atoms in total. The number of aromatic hydroxyl groups is 1.